The highest BCUT2D eigenvalue weighted by Crippen LogP contribution is 2.31. The van der Waals surface area contributed by atoms with Gasteiger partial charge in [-0.1, -0.05) is 6.07 Å². The predicted molar refractivity (Wildman–Crippen MR) is 57.9 cm³/mol. The first-order chi connectivity index (χ1) is 8.48. The summed E-state index contributed by atoms with van der Waals surface area (Å²) in [6.45, 7) is 0. The fourth-order valence-electron chi connectivity index (χ4n) is 1.32. The van der Waals surface area contributed by atoms with E-state index < -0.39 is 36.6 Å². The zero-order valence-electron chi connectivity index (χ0n) is 9.56. The number of hydrogen-bond acceptors (Lipinski definition) is 2. The Labute approximate surface area is 115 Å². The highest BCUT2D eigenvalue weighted by atomic mass is 35.5. The Hall–Kier alpha value is -1.22. The standard InChI is InChI=1S/C10H8F7NO.ClH/c11-6-3-5(7(18)4-9(12,13)14)1-2-8(6)19-10(15,16)17;/h1-3,7H,4,18H2;1H/t7-;/m0./s1. The second-order valence-corrected chi connectivity index (χ2v) is 3.66. The van der Waals surface area contributed by atoms with Gasteiger partial charge in [-0.25, -0.2) is 4.39 Å². The monoisotopic (exact) mass is 327 g/mol. The summed E-state index contributed by atoms with van der Waals surface area (Å²) in [4.78, 5) is 0. The van der Waals surface area contributed by atoms with Gasteiger partial charge in [0.15, 0.2) is 11.6 Å². The lowest BCUT2D eigenvalue weighted by atomic mass is 10.0. The molecule has 1 atom stereocenters. The van der Waals surface area contributed by atoms with Crippen molar-refractivity contribution in [3.8, 4) is 5.75 Å². The smallest absolute Gasteiger partial charge is 0.403 e. The SMILES string of the molecule is Cl.N[C@@H](CC(F)(F)F)c1ccc(OC(F)(F)F)c(F)c1. The third-order valence-corrected chi connectivity index (χ3v) is 2.06. The van der Waals surface area contributed by atoms with Gasteiger partial charge in [0, 0.05) is 6.04 Å². The van der Waals surface area contributed by atoms with Crippen molar-refractivity contribution in [1.29, 1.82) is 0 Å². The normalized spacial score (nSPS) is 13.6. The van der Waals surface area contributed by atoms with Gasteiger partial charge >= 0.3 is 12.5 Å². The third-order valence-electron chi connectivity index (χ3n) is 2.06. The summed E-state index contributed by atoms with van der Waals surface area (Å²) >= 11 is 0. The zero-order chi connectivity index (χ0) is 14.8. The number of halogens is 8. The van der Waals surface area contributed by atoms with Crippen LogP contribution in [0.2, 0.25) is 0 Å². The van der Waals surface area contributed by atoms with Gasteiger partial charge in [0.2, 0.25) is 0 Å². The number of nitrogens with two attached hydrogens (primary N) is 1. The first-order valence-corrected chi connectivity index (χ1v) is 4.85. The van der Waals surface area contributed by atoms with E-state index in [9.17, 15) is 30.7 Å². The molecule has 0 spiro atoms. The molecule has 0 heterocycles. The van der Waals surface area contributed by atoms with Gasteiger partial charge in [-0.2, -0.15) is 13.2 Å². The number of alkyl halides is 6. The molecule has 2 N–H and O–H groups in total. The van der Waals surface area contributed by atoms with Gasteiger partial charge in [-0.15, -0.1) is 25.6 Å². The molecule has 20 heavy (non-hydrogen) atoms. The predicted octanol–water partition coefficient (Wildman–Crippen LogP) is 4.10. The highest BCUT2D eigenvalue weighted by molar-refractivity contribution is 5.85. The van der Waals surface area contributed by atoms with Crippen LogP contribution in [-0.4, -0.2) is 12.5 Å². The molecule has 0 amide bonds. The lowest BCUT2D eigenvalue weighted by Crippen LogP contribution is -2.21. The van der Waals surface area contributed by atoms with Gasteiger partial charge in [-0.05, 0) is 17.7 Å². The van der Waals surface area contributed by atoms with Crippen molar-refractivity contribution in [2.45, 2.75) is 25.0 Å². The molecular weight excluding hydrogens is 319 g/mol. The van der Waals surface area contributed by atoms with Crippen LogP contribution in [0, 0.1) is 5.82 Å². The van der Waals surface area contributed by atoms with Crippen molar-refractivity contribution < 1.29 is 35.5 Å². The van der Waals surface area contributed by atoms with E-state index in [1.165, 1.54) is 0 Å². The number of hydrogen-bond donors (Lipinski definition) is 1. The van der Waals surface area contributed by atoms with Crippen LogP contribution in [0.25, 0.3) is 0 Å². The highest BCUT2D eigenvalue weighted by Gasteiger charge is 2.33. The Bertz CT molecular complexity index is 446. The Morgan fingerprint density at radius 2 is 1.65 bits per heavy atom. The van der Waals surface area contributed by atoms with E-state index in [1.807, 2.05) is 0 Å². The molecule has 10 heteroatoms. The molecule has 2 nitrogen and oxygen atoms in total. The number of benzene rings is 1. The lowest BCUT2D eigenvalue weighted by molar-refractivity contribution is -0.275. The van der Waals surface area contributed by atoms with Crippen molar-refractivity contribution in [2.24, 2.45) is 5.73 Å². The molecule has 0 saturated carbocycles. The third kappa shape index (κ3) is 6.29. The molecule has 0 bridgehead atoms. The molecule has 1 aromatic rings. The van der Waals surface area contributed by atoms with Crippen molar-refractivity contribution in [1.82, 2.24) is 0 Å². The minimum atomic E-state index is -5.09. The zero-order valence-corrected chi connectivity index (χ0v) is 10.4. The van der Waals surface area contributed by atoms with Crippen LogP contribution in [0.4, 0.5) is 30.7 Å². The molecule has 0 aliphatic rings. The Balaban J connectivity index is 0.00000361. The van der Waals surface area contributed by atoms with Gasteiger partial charge in [0.1, 0.15) is 0 Å². The van der Waals surface area contributed by atoms with Crippen LogP contribution in [-0.2, 0) is 0 Å². The van der Waals surface area contributed by atoms with E-state index in [-0.39, 0.29) is 18.0 Å². The Kier molecular flexibility index (Phi) is 6.09. The minimum absolute atomic E-state index is 0. The first kappa shape index (κ1) is 18.8. The second kappa shape index (κ2) is 6.49. The topological polar surface area (TPSA) is 35.2 Å². The molecule has 0 unspecified atom stereocenters. The molecule has 0 aromatic heterocycles. The number of rotatable bonds is 3. The summed E-state index contributed by atoms with van der Waals surface area (Å²) in [7, 11) is 0. The maximum Gasteiger partial charge on any atom is 0.573 e. The molecular formula is C10H9ClF7NO. The molecule has 0 saturated heterocycles. The van der Waals surface area contributed by atoms with E-state index in [2.05, 4.69) is 4.74 Å². The fraction of sp³-hybridized carbons (Fsp3) is 0.400. The summed E-state index contributed by atoms with van der Waals surface area (Å²) in [6.07, 6.45) is -11.1. The fourth-order valence-corrected chi connectivity index (χ4v) is 1.32. The molecule has 1 aromatic carbocycles. The van der Waals surface area contributed by atoms with Crippen LogP contribution in [0.3, 0.4) is 0 Å². The largest absolute Gasteiger partial charge is 0.573 e. The first-order valence-electron chi connectivity index (χ1n) is 4.85. The summed E-state index contributed by atoms with van der Waals surface area (Å²) in [5.41, 5.74) is 4.90. The van der Waals surface area contributed by atoms with E-state index >= 15 is 0 Å². The van der Waals surface area contributed by atoms with Crippen LogP contribution >= 0.6 is 12.4 Å². The molecule has 0 fully saturated rings. The van der Waals surface area contributed by atoms with E-state index in [4.69, 9.17) is 5.73 Å². The second-order valence-electron chi connectivity index (χ2n) is 3.66. The average molecular weight is 328 g/mol. The molecule has 1 rings (SSSR count). The van der Waals surface area contributed by atoms with Crippen LogP contribution < -0.4 is 10.5 Å². The lowest BCUT2D eigenvalue weighted by Gasteiger charge is -2.16. The van der Waals surface area contributed by atoms with Gasteiger partial charge < -0.3 is 10.5 Å². The molecule has 116 valence electrons. The van der Waals surface area contributed by atoms with Crippen molar-refractivity contribution in [3.63, 3.8) is 0 Å². The molecule has 0 aliphatic heterocycles. The van der Waals surface area contributed by atoms with Gasteiger partial charge in [0.25, 0.3) is 0 Å². The summed E-state index contributed by atoms with van der Waals surface area (Å²) < 4.78 is 88.2. The van der Waals surface area contributed by atoms with E-state index in [1.54, 1.807) is 0 Å². The Morgan fingerprint density at radius 3 is 2.05 bits per heavy atom. The number of ether oxygens (including phenoxy) is 1. The maximum atomic E-state index is 13.2. The van der Waals surface area contributed by atoms with E-state index in [0.29, 0.717) is 12.1 Å². The van der Waals surface area contributed by atoms with Crippen LogP contribution in [0.1, 0.15) is 18.0 Å². The average Bonchev–Trinajstić information content (AvgIpc) is 2.16. The summed E-state index contributed by atoms with van der Waals surface area (Å²) in [6, 6.07) is 0.348. The maximum absolute atomic E-state index is 13.2. The van der Waals surface area contributed by atoms with Crippen molar-refractivity contribution >= 4 is 12.4 Å². The Morgan fingerprint density at radius 1 is 1.10 bits per heavy atom. The van der Waals surface area contributed by atoms with Gasteiger partial charge in [0.05, 0.1) is 6.42 Å². The molecule has 0 radical (unpaired) electrons. The summed E-state index contributed by atoms with van der Waals surface area (Å²) in [5, 5.41) is 0. The molecule has 0 aliphatic carbocycles. The van der Waals surface area contributed by atoms with Crippen molar-refractivity contribution in [3.05, 3.63) is 29.6 Å². The quantitative estimate of drug-likeness (QED) is 0.848. The minimum Gasteiger partial charge on any atom is -0.403 e. The van der Waals surface area contributed by atoms with Crippen LogP contribution in [0.15, 0.2) is 18.2 Å². The summed E-state index contributed by atoms with van der Waals surface area (Å²) in [5.74, 6) is -2.57. The van der Waals surface area contributed by atoms with E-state index in [0.717, 1.165) is 6.07 Å². The van der Waals surface area contributed by atoms with Gasteiger partial charge in [-0.3, -0.25) is 0 Å². The van der Waals surface area contributed by atoms with Crippen molar-refractivity contribution in [2.75, 3.05) is 0 Å². The van der Waals surface area contributed by atoms with Crippen LogP contribution in [0.5, 0.6) is 5.75 Å².